The highest BCUT2D eigenvalue weighted by Crippen LogP contribution is 2.34. The summed E-state index contributed by atoms with van der Waals surface area (Å²) in [6.07, 6.45) is 7.72. The first-order valence-electron chi connectivity index (χ1n) is 8.33. The highest BCUT2D eigenvalue weighted by Gasteiger charge is 2.40. The summed E-state index contributed by atoms with van der Waals surface area (Å²) in [5, 5.41) is 12.7. The lowest BCUT2D eigenvalue weighted by molar-refractivity contribution is -0.129. The van der Waals surface area contributed by atoms with Crippen LogP contribution in [0, 0.1) is 16.7 Å². The molecular weight excluding hydrogens is 262 g/mol. The Morgan fingerprint density at radius 2 is 1.76 bits per heavy atom. The van der Waals surface area contributed by atoms with Gasteiger partial charge in [-0.1, -0.05) is 39.5 Å². The second kappa shape index (κ2) is 7.79. The fourth-order valence-corrected chi connectivity index (χ4v) is 3.60. The number of carbonyl (C=O) groups excluding carboxylic acids is 1. The molecule has 1 rings (SSSR count). The number of rotatable bonds is 8. The lowest BCUT2D eigenvalue weighted by atomic mass is 9.79. The summed E-state index contributed by atoms with van der Waals surface area (Å²) in [6, 6.07) is 2.31. The largest absolute Gasteiger partial charge is 0.353 e. The van der Waals surface area contributed by atoms with E-state index in [2.05, 4.69) is 30.4 Å². The monoisotopic (exact) mass is 293 g/mol. The molecule has 120 valence electrons. The van der Waals surface area contributed by atoms with Crippen molar-refractivity contribution in [2.24, 2.45) is 5.41 Å². The van der Waals surface area contributed by atoms with Crippen LogP contribution >= 0.6 is 0 Å². The Morgan fingerprint density at radius 3 is 2.14 bits per heavy atom. The van der Waals surface area contributed by atoms with Gasteiger partial charge in [0.25, 0.3) is 0 Å². The van der Waals surface area contributed by atoms with Gasteiger partial charge in [-0.2, -0.15) is 5.26 Å². The molecule has 0 aliphatic heterocycles. The van der Waals surface area contributed by atoms with Gasteiger partial charge >= 0.3 is 0 Å². The summed E-state index contributed by atoms with van der Waals surface area (Å²) in [7, 11) is 4.18. The molecule has 0 unspecified atom stereocenters. The number of hydrogen-bond acceptors (Lipinski definition) is 3. The first-order valence-corrected chi connectivity index (χ1v) is 8.33. The Hall–Kier alpha value is -1.08. The quantitative estimate of drug-likeness (QED) is 0.748. The molecule has 0 saturated heterocycles. The Kier molecular flexibility index (Phi) is 6.67. The molecule has 1 saturated carbocycles. The maximum atomic E-state index is 12.6. The normalized spacial score (nSPS) is 17.7. The predicted octanol–water partition coefficient (Wildman–Crippen LogP) is 3.09. The van der Waals surface area contributed by atoms with E-state index in [-0.39, 0.29) is 11.4 Å². The van der Waals surface area contributed by atoms with Crippen LogP contribution in [0.5, 0.6) is 0 Å². The number of carbonyl (C=O) groups is 1. The lowest BCUT2D eigenvalue weighted by Crippen LogP contribution is -2.53. The third-order valence-electron chi connectivity index (χ3n) is 5.06. The Balaban J connectivity index is 2.75. The van der Waals surface area contributed by atoms with Crippen LogP contribution in [0.3, 0.4) is 0 Å². The van der Waals surface area contributed by atoms with Crippen LogP contribution < -0.4 is 5.32 Å². The zero-order valence-electron chi connectivity index (χ0n) is 14.2. The first-order chi connectivity index (χ1) is 9.96. The van der Waals surface area contributed by atoms with Crippen LogP contribution in [0.4, 0.5) is 0 Å². The maximum absolute atomic E-state index is 12.6. The predicted molar refractivity (Wildman–Crippen MR) is 85.8 cm³/mol. The maximum Gasteiger partial charge on any atom is 0.240 e. The second-order valence-electron chi connectivity index (χ2n) is 6.70. The van der Waals surface area contributed by atoms with Gasteiger partial charge in [0.15, 0.2) is 0 Å². The minimum absolute atomic E-state index is 0.0678. The molecule has 0 heterocycles. The molecular formula is C17H31N3O. The van der Waals surface area contributed by atoms with E-state index >= 15 is 0 Å². The van der Waals surface area contributed by atoms with Gasteiger partial charge in [-0.05, 0) is 39.8 Å². The molecule has 4 nitrogen and oxygen atoms in total. The fourth-order valence-electron chi connectivity index (χ4n) is 3.60. The molecule has 0 bridgehead atoms. The van der Waals surface area contributed by atoms with E-state index in [0.29, 0.717) is 19.4 Å². The molecule has 0 spiro atoms. The third kappa shape index (κ3) is 3.97. The zero-order chi connectivity index (χ0) is 15.9. The van der Waals surface area contributed by atoms with Gasteiger partial charge in [0, 0.05) is 12.1 Å². The fraction of sp³-hybridized carbons (Fsp3) is 0.882. The second-order valence-corrected chi connectivity index (χ2v) is 6.70. The first kappa shape index (κ1) is 18.0. The Labute approximate surface area is 129 Å². The Morgan fingerprint density at radius 1 is 1.24 bits per heavy atom. The van der Waals surface area contributed by atoms with Gasteiger partial charge < -0.3 is 10.2 Å². The molecule has 1 amide bonds. The molecule has 0 aromatic heterocycles. The molecule has 1 aliphatic rings. The molecule has 0 atom stereocenters. The van der Waals surface area contributed by atoms with Crippen molar-refractivity contribution >= 4 is 5.91 Å². The van der Waals surface area contributed by atoms with Crippen LogP contribution in [-0.2, 0) is 4.79 Å². The summed E-state index contributed by atoms with van der Waals surface area (Å²) < 4.78 is 0. The summed E-state index contributed by atoms with van der Waals surface area (Å²) in [5.74, 6) is -0.0678. The van der Waals surface area contributed by atoms with Crippen molar-refractivity contribution in [3.8, 4) is 6.07 Å². The smallest absolute Gasteiger partial charge is 0.240 e. The van der Waals surface area contributed by atoms with Gasteiger partial charge in [0.2, 0.25) is 5.91 Å². The zero-order valence-corrected chi connectivity index (χ0v) is 14.2. The van der Waals surface area contributed by atoms with Crippen molar-refractivity contribution in [1.29, 1.82) is 5.26 Å². The van der Waals surface area contributed by atoms with E-state index in [1.54, 1.807) is 0 Å². The van der Waals surface area contributed by atoms with E-state index in [4.69, 9.17) is 0 Å². The summed E-state index contributed by atoms with van der Waals surface area (Å²) in [6.45, 7) is 4.73. The van der Waals surface area contributed by atoms with Crippen molar-refractivity contribution in [2.45, 2.75) is 70.8 Å². The highest BCUT2D eigenvalue weighted by atomic mass is 16.2. The summed E-state index contributed by atoms with van der Waals surface area (Å²) in [4.78, 5) is 14.9. The number of nitrogens with zero attached hydrogens (tertiary/aromatic N) is 2. The lowest BCUT2D eigenvalue weighted by Gasteiger charge is -2.37. The molecule has 0 aromatic rings. The SMILES string of the molecule is CCCC(C#N)(CCC)C(=O)NCC1(N(C)C)CCCC1. The summed E-state index contributed by atoms with van der Waals surface area (Å²) >= 11 is 0. The molecule has 1 N–H and O–H groups in total. The number of likely N-dealkylation sites (N-methyl/N-ethyl adjacent to an activating group) is 1. The molecule has 1 fully saturated rings. The van der Waals surface area contributed by atoms with Crippen LogP contribution in [0.15, 0.2) is 0 Å². The minimum Gasteiger partial charge on any atom is -0.353 e. The minimum atomic E-state index is -0.838. The Bertz CT molecular complexity index is 372. The highest BCUT2D eigenvalue weighted by molar-refractivity contribution is 5.85. The van der Waals surface area contributed by atoms with E-state index in [0.717, 1.165) is 25.7 Å². The van der Waals surface area contributed by atoms with Crippen LogP contribution in [-0.4, -0.2) is 37.0 Å². The van der Waals surface area contributed by atoms with Gasteiger partial charge in [0.1, 0.15) is 5.41 Å². The van der Waals surface area contributed by atoms with Crippen molar-refractivity contribution in [3.63, 3.8) is 0 Å². The number of nitriles is 1. The van der Waals surface area contributed by atoms with Crippen molar-refractivity contribution in [3.05, 3.63) is 0 Å². The standard InChI is InChI=1S/C17H31N3O/c1-5-9-16(13-18,10-6-2)15(21)19-14-17(20(3)4)11-7-8-12-17/h5-12,14H2,1-4H3,(H,19,21). The van der Waals surface area contributed by atoms with Gasteiger partial charge in [0.05, 0.1) is 6.07 Å². The van der Waals surface area contributed by atoms with Crippen LogP contribution in [0.2, 0.25) is 0 Å². The van der Waals surface area contributed by atoms with Gasteiger partial charge in [-0.25, -0.2) is 0 Å². The van der Waals surface area contributed by atoms with E-state index < -0.39 is 5.41 Å². The van der Waals surface area contributed by atoms with Crippen molar-refractivity contribution in [2.75, 3.05) is 20.6 Å². The van der Waals surface area contributed by atoms with Crippen LogP contribution in [0.1, 0.15) is 65.2 Å². The average Bonchev–Trinajstić information content (AvgIpc) is 2.94. The van der Waals surface area contributed by atoms with E-state index in [1.807, 2.05) is 13.8 Å². The molecule has 4 heteroatoms. The van der Waals surface area contributed by atoms with E-state index in [1.165, 1.54) is 12.8 Å². The number of nitrogens with one attached hydrogen (secondary N) is 1. The third-order valence-corrected chi connectivity index (χ3v) is 5.06. The van der Waals surface area contributed by atoms with Crippen LogP contribution in [0.25, 0.3) is 0 Å². The molecule has 0 aromatic carbocycles. The molecule has 21 heavy (non-hydrogen) atoms. The van der Waals surface area contributed by atoms with Gasteiger partial charge in [-0.15, -0.1) is 0 Å². The van der Waals surface area contributed by atoms with E-state index in [9.17, 15) is 10.1 Å². The van der Waals surface area contributed by atoms with Crippen molar-refractivity contribution < 1.29 is 4.79 Å². The topological polar surface area (TPSA) is 56.1 Å². The number of hydrogen-bond donors (Lipinski definition) is 1. The molecule has 1 aliphatic carbocycles. The number of amides is 1. The molecule has 0 radical (unpaired) electrons. The van der Waals surface area contributed by atoms with Crippen molar-refractivity contribution in [1.82, 2.24) is 10.2 Å². The van der Waals surface area contributed by atoms with Gasteiger partial charge in [-0.3, -0.25) is 4.79 Å². The summed E-state index contributed by atoms with van der Waals surface area (Å²) in [5.41, 5.74) is -0.759. The average molecular weight is 293 g/mol.